The molecule has 0 aliphatic rings. The number of aromatic nitrogens is 1. The summed E-state index contributed by atoms with van der Waals surface area (Å²) in [6.07, 6.45) is 0. The summed E-state index contributed by atoms with van der Waals surface area (Å²) in [6, 6.07) is 12.4. The summed E-state index contributed by atoms with van der Waals surface area (Å²) in [4.78, 5) is 6.74. The van der Waals surface area contributed by atoms with Crippen LogP contribution in [0.2, 0.25) is 0 Å². The molecular formula is C16H14FN3O2S2. The van der Waals surface area contributed by atoms with Gasteiger partial charge in [0, 0.05) is 10.9 Å². The van der Waals surface area contributed by atoms with E-state index >= 15 is 0 Å². The van der Waals surface area contributed by atoms with E-state index in [9.17, 15) is 12.8 Å². The van der Waals surface area contributed by atoms with Crippen molar-refractivity contribution in [3.05, 3.63) is 65.3 Å². The highest BCUT2D eigenvalue weighted by Crippen LogP contribution is 2.24. The molecule has 0 atom stereocenters. The second kappa shape index (κ2) is 6.68. The molecule has 124 valence electrons. The Bertz CT molecular complexity index is 936. The van der Waals surface area contributed by atoms with E-state index in [-0.39, 0.29) is 10.7 Å². The zero-order valence-corrected chi connectivity index (χ0v) is 14.3. The minimum absolute atomic E-state index is 0.163. The minimum atomic E-state index is -3.68. The van der Waals surface area contributed by atoms with Gasteiger partial charge in [0.05, 0.1) is 10.6 Å². The average molecular weight is 363 g/mol. The molecule has 0 amide bonds. The maximum atomic E-state index is 12.9. The largest absolute Gasteiger partial charge is 0.283 e. The van der Waals surface area contributed by atoms with E-state index in [1.807, 2.05) is 6.92 Å². The van der Waals surface area contributed by atoms with Gasteiger partial charge in [-0.15, -0.1) is 16.2 Å². The number of thiazole rings is 1. The lowest BCUT2D eigenvalue weighted by molar-refractivity contribution is 0.587. The normalized spacial score (nSPS) is 11.4. The number of sulfonamides is 1. The summed E-state index contributed by atoms with van der Waals surface area (Å²) in [5.74, 6) is -0.321. The Morgan fingerprint density at radius 2 is 1.71 bits per heavy atom. The zero-order valence-electron chi connectivity index (χ0n) is 12.7. The lowest BCUT2D eigenvalue weighted by Crippen LogP contribution is -2.29. The van der Waals surface area contributed by atoms with E-state index in [0.29, 0.717) is 10.8 Å². The first-order chi connectivity index (χ1) is 11.4. The molecule has 1 heterocycles. The first-order valence-electron chi connectivity index (χ1n) is 7.00. The zero-order chi connectivity index (χ0) is 17.2. The van der Waals surface area contributed by atoms with Crippen molar-refractivity contribution in [2.24, 2.45) is 0 Å². The molecule has 0 saturated heterocycles. The van der Waals surface area contributed by atoms with Crippen LogP contribution >= 0.6 is 11.3 Å². The Morgan fingerprint density at radius 3 is 2.38 bits per heavy atom. The van der Waals surface area contributed by atoms with Crippen LogP contribution in [0.1, 0.15) is 5.56 Å². The minimum Gasteiger partial charge on any atom is -0.283 e. The topological polar surface area (TPSA) is 71.1 Å². The monoisotopic (exact) mass is 363 g/mol. The van der Waals surface area contributed by atoms with Crippen LogP contribution in [0.3, 0.4) is 0 Å². The molecule has 0 fully saturated rings. The van der Waals surface area contributed by atoms with Crippen molar-refractivity contribution in [2.45, 2.75) is 11.8 Å². The highest BCUT2D eigenvalue weighted by molar-refractivity contribution is 7.89. The van der Waals surface area contributed by atoms with Gasteiger partial charge in [-0.2, -0.15) is 0 Å². The van der Waals surface area contributed by atoms with Gasteiger partial charge in [0.15, 0.2) is 5.13 Å². The molecule has 0 saturated carbocycles. The van der Waals surface area contributed by atoms with Gasteiger partial charge in [-0.1, -0.05) is 17.7 Å². The van der Waals surface area contributed by atoms with Gasteiger partial charge in [0.2, 0.25) is 0 Å². The Balaban J connectivity index is 1.71. The maximum absolute atomic E-state index is 12.9. The Hall–Kier alpha value is -2.29. The molecule has 8 heteroatoms. The Morgan fingerprint density at radius 1 is 1.04 bits per heavy atom. The molecule has 2 aromatic carbocycles. The number of hydrogen-bond acceptors (Lipinski definition) is 5. The highest BCUT2D eigenvalue weighted by Gasteiger charge is 2.14. The van der Waals surface area contributed by atoms with Crippen LogP contribution < -0.4 is 10.3 Å². The van der Waals surface area contributed by atoms with Crippen LogP contribution in [0.4, 0.5) is 9.52 Å². The fraction of sp³-hybridized carbons (Fsp3) is 0.0625. The van der Waals surface area contributed by atoms with Crippen molar-refractivity contribution in [1.82, 2.24) is 9.82 Å². The number of benzene rings is 2. The van der Waals surface area contributed by atoms with Crippen molar-refractivity contribution < 1.29 is 12.8 Å². The first-order valence-corrected chi connectivity index (χ1v) is 9.36. The summed E-state index contributed by atoms with van der Waals surface area (Å²) < 4.78 is 37.3. The fourth-order valence-electron chi connectivity index (χ4n) is 1.97. The fourth-order valence-corrected chi connectivity index (χ4v) is 3.55. The van der Waals surface area contributed by atoms with Crippen LogP contribution in [0.15, 0.2) is 58.8 Å². The molecule has 24 heavy (non-hydrogen) atoms. The van der Waals surface area contributed by atoms with Crippen LogP contribution in [-0.2, 0) is 10.0 Å². The number of nitrogens with one attached hydrogen (secondary N) is 2. The van der Waals surface area contributed by atoms with E-state index in [2.05, 4.69) is 15.2 Å². The summed E-state index contributed by atoms with van der Waals surface area (Å²) in [5.41, 5.74) is 4.96. The summed E-state index contributed by atoms with van der Waals surface area (Å²) >= 11 is 1.24. The van der Waals surface area contributed by atoms with Gasteiger partial charge in [0.1, 0.15) is 5.82 Å². The van der Waals surface area contributed by atoms with Crippen molar-refractivity contribution in [3.8, 4) is 11.3 Å². The lowest BCUT2D eigenvalue weighted by Gasteiger charge is -2.07. The maximum Gasteiger partial charge on any atom is 0.257 e. The van der Waals surface area contributed by atoms with E-state index < -0.39 is 10.0 Å². The summed E-state index contributed by atoms with van der Waals surface area (Å²) in [7, 11) is -3.68. The van der Waals surface area contributed by atoms with Crippen LogP contribution in [-0.4, -0.2) is 13.4 Å². The van der Waals surface area contributed by atoms with Gasteiger partial charge in [-0.3, -0.25) is 5.43 Å². The van der Waals surface area contributed by atoms with Gasteiger partial charge in [0.25, 0.3) is 10.0 Å². The molecule has 0 aliphatic heterocycles. The molecule has 0 aliphatic carbocycles. The molecule has 0 radical (unpaired) electrons. The van der Waals surface area contributed by atoms with Crippen molar-refractivity contribution >= 4 is 26.5 Å². The van der Waals surface area contributed by atoms with E-state index in [1.54, 1.807) is 29.6 Å². The summed E-state index contributed by atoms with van der Waals surface area (Å²) in [6.45, 7) is 1.88. The molecule has 0 spiro atoms. The van der Waals surface area contributed by atoms with Crippen molar-refractivity contribution in [2.75, 3.05) is 5.43 Å². The quantitative estimate of drug-likeness (QED) is 0.680. The number of hydrazine groups is 1. The lowest BCUT2D eigenvalue weighted by atomic mass is 10.2. The summed E-state index contributed by atoms with van der Waals surface area (Å²) in [5, 5.41) is 2.15. The number of rotatable bonds is 5. The number of anilines is 1. The number of nitrogens with zero attached hydrogens (tertiary/aromatic N) is 1. The number of aryl methyl sites for hydroxylation is 1. The number of hydrogen-bond donors (Lipinski definition) is 2. The van der Waals surface area contributed by atoms with Crippen LogP contribution in [0, 0.1) is 12.7 Å². The predicted molar refractivity (Wildman–Crippen MR) is 92.6 cm³/mol. The third kappa shape index (κ3) is 3.78. The smallest absolute Gasteiger partial charge is 0.257 e. The van der Waals surface area contributed by atoms with E-state index in [0.717, 1.165) is 11.1 Å². The van der Waals surface area contributed by atoms with Crippen LogP contribution in [0.5, 0.6) is 0 Å². The van der Waals surface area contributed by atoms with Crippen LogP contribution in [0.25, 0.3) is 11.3 Å². The number of halogens is 1. The second-order valence-corrected chi connectivity index (χ2v) is 7.63. The molecule has 0 unspecified atom stereocenters. The van der Waals surface area contributed by atoms with Gasteiger partial charge in [-0.05, 0) is 43.3 Å². The first kappa shape index (κ1) is 16.6. The molecule has 1 aromatic heterocycles. The molecule has 2 N–H and O–H groups in total. The van der Waals surface area contributed by atoms with Crippen molar-refractivity contribution in [1.29, 1.82) is 0 Å². The van der Waals surface area contributed by atoms with Crippen molar-refractivity contribution in [3.63, 3.8) is 0 Å². The Labute approximate surface area is 143 Å². The van der Waals surface area contributed by atoms with Gasteiger partial charge >= 0.3 is 0 Å². The average Bonchev–Trinajstić information content (AvgIpc) is 3.03. The molecule has 3 aromatic rings. The van der Waals surface area contributed by atoms with E-state index in [1.165, 1.54) is 35.6 Å². The molecule has 3 rings (SSSR count). The predicted octanol–water partition coefficient (Wildman–Crippen LogP) is 3.56. The highest BCUT2D eigenvalue weighted by atomic mass is 32.2. The molecular weight excluding hydrogens is 349 g/mol. The SMILES string of the molecule is Cc1ccc(S(=O)(=O)NNc2nc(-c3ccc(F)cc3)cs2)cc1. The van der Waals surface area contributed by atoms with Gasteiger partial charge in [-0.25, -0.2) is 17.8 Å². The molecule has 0 bridgehead atoms. The third-order valence-corrected chi connectivity index (χ3v) is 5.29. The Kier molecular flexibility index (Phi) is 4.61. The molecule has 5 nitrogen and oxygen atoms in total. The standard InChI is InChI=1S/C16H14FN3O2S2/c1-11-2-8-14(9-3-11)24(21,22)20-19-16-18-15(10-23-16)12-4-6-13(17)7-5-12/h2-10,20H,1H3,(H,18,19). The van der Waals surface area contributed by atoms with E-state index in [4.69, 9.17) is 0 Å². The van der Waals surface area contributed by atoms with Gasteiger partial charge < -0.3 is 0 Å². The third-order valence-electron chi connectivity index (χ3n) is 3.27. The second-order valence-electron chi connectivity index (χ2n) is 5.09.